The molecule has 0 saturated carbocycles. The smallest absolute Gasteiger partial charge is 0.332 e. The van der Waals surface area contributed by atoms with Gasteiger partial charge < -0.3 is 9.47 Å². The summed E-state index contributed by atoms with van der Waals surface area (Å²) in [5.41, 5.74) is 0.941. The lowest BCUT2D eigenvalue weighted by Crippen LogP contribution is -2.53. The van der Waals surface area contributed by atoms with Gasteiger partial charge in [-0.05, 0) is 70.0 Å². The van der Waals surface area contributed by atoms with Gasteiger partial charge in [-0.25, -0.2) is 9.00 Å². The van der Waals surface area contributed by atoms with E-state index >= 15 is 0 Å². The predicted octanol–water partition coefficient (Wildman–Crippen LogP) is 3.26. The minimum absolute atomic E-state index is 0.212. The van der Waals surface area contributed by atoms with Crippen LogP contribution in [-0.2, 0) is 20.8 Å². The van der Waals surface area contributed by atoms with E-state index in [0.717, 1.165) is 9.21 Å². The summed E-state index contributed by atoms with van der Waals surface area (Å²) in [5.74, 6) is -1.47. The average molecular weight is 489 g/mol. The molecule has 10 heteroatoms. The van der Waals surface area contributed by atoms with E-state index in [1.807, 2.05) is 0 Å². The summed E-state index contributed by atoms with van der Waals surface area (Å²) in [7, 11) is 1.50. The van der Waals surface area contributed by atoms with Crippen molar-refractivity contribution in [2.45, 2.75) is 46.3 Å². The number of aryl methyl sites for hydroxylation is 2. The molecule has 3 rings (SSSR count). The van der Waals surface area contributed by atoms with Crippen LogP contribution in [0.2, 0.25) is 0 Å². The maximum atomic E-state index is 13.3. The van der Waals surface area contributed by atoms with Crippen LogP contribution in [-0.4, -0.2) is 56.7 Å². The van der Waals surface area contributed by atoms with Crippen LogP contribution in [0.15, 0.2) is 36.4 Å². The van der Waals surface area contributed by atoms with Crippen molar-refractivity contribution >= 4 is 34.7 Å². The molecule has 0 radical (unpaired) electrons. The van der Waals surface area contributed by atoms with Crippen molar-refractivity contribution in [3.05, 3.63) is 58.7 Å². The first-order valence-electron chi connectivity index (χ1n) is 10.6. The van der Waals surface area contributed by atoms with E-state index in [-0.39, 0.29) is 11.1 Å². The maximum Gasteiger partial charge on any atom is 0.332 e. The molecule has 0 fully saturated rings. The van der Waals surface area contributed by atoms with Crippen LogP contribution < -0.4 is 9.04 Å². The van der Waals surface area contributed by atoms with Crippen LogP contribution in [0.1, 0.15) is 52.6 Å². The molecule has 2 aromatic carbocycles. The van der Waals surface area contributed by atoms with Crippen molar-refractivity contribution in [1.82, 2.24) is 4.90 Å². The second-order valence-electron chi connectivity index (χ2n) is 8.98. The number of nitrogens with zero attached hydrogens (tertiary/aromatic N) is 2. The Morgan fingerprint density at radius 1 is 1.09 bits per heavy atom. The summed E-state index contributed by atoms with van der Waals surface area (Å²) in [6, 6.07) is 8.20. The van der Waals surface area contributed by atoms with Crippen LogP contribution in [0.4, 0.5) is 5.69 Å². The fourth-order valence-electron chi connectivity index (χ4n) is 3.92. The van der Waals surface area contributed by atoms with E-state index in [1.54, 1.807) is 58.9 Å². The topological polar surface area (TPSA) is 113 Å². The minimum atomic E-state index is -2.69. The van der Waals surface area contributed by atoms with E-state index in [1.165, 1.54) is 19.2 Å². The second kappa shape index (κ2) is 9.55. The SMILES string of the molecule is COc1cc(C)c(N(C(CN2C(=O)c3ccccc3C2=O)C(=O)OC(C)(C)C)S(=O)O)c(C)c1. The number of esters is 1. The van der Waals surface area contributed by atoms with Gasteiger partial charge in [0.2, 0.25) is 0 Å². The standard InChI is InChI=1S/C24H28N2O7S/c1-14-11-16(32-6)12-15(2)20(14)26(34(30)31)19(23(29)33-24(3,4)5)13-25-21(27)17-9-7-8-10-18(17)22(25)28/h7-12,19H,13H2,1-6H3,(H,30,31). The first kappa shape index (κ1) is 25.4. The summed E-state index contributed by atoms with van der Waals surface area (Å²) in [6.45, 7) is 7.92. The van der Waals surface area contributed by atoms with E-state index in [4.69, 9.17) is 9.47 Å². The molecular formula is C24H28N2O7S. The monoisotopic (exact) mass is 488 g/mol. The second-order valence-corrected chi connectivity index (χ2v) is 9.84. The highest BCUT2D eigenvalue weighted by Gasteiger charge is 2.43. The average Bonchev–Trinajstić information content (AvgIpc) is 2.98. The van der Waals surface area contributed by atoms with Gasteiger partial charge in [-0.2, -0.15) is 0 Å². The van der Waals surface area contributed by atoms with Crippen molar-refractivity contribution in [2.24, 2.45) is 0 Å². The van der Waals surface area contributed by atoms with E-state index in [9.17, 15) is 23.1 Å². The van der Waals surface area contributed by atoms with E-state index < -0.39 is 47.2 Å². The van der Waals surface area contributed by atoms with Crippen LogP contribution >= 0.6 is 0 Å². The fourth-order valence-corrected chi connectivity index (χ4v) is 4.73. The van der Waals surface area contributed by atoms with E-state index in [2.05, 4.69) is 0 Å². The molecule has 1 aliphatic rings. The van der Waals surface area contributed by atoms with Gasteiger partial charge in [-0.1, -0.05) is 12.1 Å². The van der Waals surface area contributed by atoms with Crippen LogP contribution in [0.25, 0.3) is 0 Å². The molecule has 2 atom stereocenters. The zero-order valence-electron chi connectivity index (χ0n) is 19.9. The lowest BCUT2D eigenvalue weighted by molar-refractivity contribution is -0.156. The molecular weight excluding hydrogens is 460 g/mol. The van der Waals surface area contributed by atoms with Gasteiger partial charge in [0.05, 0.1) is 30.5 Å². The molecule has 2 aromatic rings. The summed E-state index contributed by atoms with van der Waals surface area (Å²) in [5, 5.41) is 0. The Kier molecular flexibility index (Phi) is 7.13. The lowest BCUT2D eigenvalue weighted by atomic mass is 10.1. The number of rotatable bonds is 7. The minimum Gasteiger partial charge on any atom is -0.497 e. The van der Waals surface area contributed by atoms with Gasteiger partial charge in [-0.15, -0.1) is 0 Å². The number of imide groups is 1. The van der Waals surface area contributed by atoms with Crippen LogP contribution in [0, 0.1) is 13.8 Å². The zero-order chi connectivity index (χ0) is 25.4. The number of fused-ring (bicyclic) bond motifs is 1. The highest BCUT2D eigenvalue weighted by molar-refractivity contribution is 7.80. The van der Waals surface area contributed by atoms with Gasteiger partial charge in [0.1, 0.15) is 11.4 Å². The van der Waals surface area contributed by atoms with Crippen molar-refractivity contribution < 1.29 is 32.6 Å². The lowest BCUT2D eigenvalue weighted by Gasteiger charge is -2.34. The van der Waals surface area contributed by atoms with Gasteiger partial charge in [-0.3, -0.25) is 23.3 Å². The van der Waals surface area contributed by atoms with Crippen molar-refractivity contribution in [2.75, 3.05) is 18.0 Å². The van der Waals surface area contributed by atoms with E-state index in [0.29, 0.717) is 22.6 Å². The highest BCUT2D eigenvalue weighted by atomic mass is 32.2. The van der Waals surface area contributed by atoms with Gasteiger partial charge in [0.15, 0.2) is 6.04 Å². The quantitative estimate of drug-likeness (QED) is 0.361. The van der Waals surface area contributed by atoms with Crippen LogP contribution in [0.3, 0.4) is 0 Å². The Balaban J connectivity index is 2.10. The first-order chi connectivity index (χ1) is 15.9. The highest BCUT2D eigenvalue weighted by Crippen LogP contribution is 2.33. The Morgan fingerprint density at radius 2 is 1.59 bits per heavy atom. The Hall–Kier alpha value is -3.24. The first-order valence-corrected chi connectivity index (χ1v) is 11.7. The molecule has 1 N–H and O–H groups in total. The third kappa shape index (κ3) is 4.97. The fraction of sp³-hybridized carbons (Fsp3) is 0.375. The number of ether oxygens (including phenoxy) is 2. The molecule has 9 nitrogen and oxygen atoms in total. The molecule has 34 heavy (non-hydrogen) atoms. The number of hydrogen-bond donors (Lipinski definition) is 1. The van der Waals surface area contributed by atoms with Crippen molar-refractivity contribution in [1.29, 1.82) is 0 Å². The Labute approximate surface area is 201 Å². The molecule has 2 unspecified atom stereocenters. The molecule has 0 spiro atoms. The number of methoxy groups -OCH3 is 1. The summed E-state index contributed by atoms with van der Waals surface area (Å²) < 4.78 is 34.7. The zero-order valence-corrected chi connectivity index (χ0v) is 20.8. The summed E-state index contributed by atoms with van der Waals surface area (Å²) >= 11 is -2.69. The van der Waals surface area contributed by atoms with Gasteiger partial charge >= 0.3 is 5.97 Å². The van der Waals surface area contributed by atoms with Gasteiger partial charge in [0, 0.05) is 0 Å². The molecule has 0 aromatic heterocycles. The normalized spacial score (nSPS) is 15.1. The third-order valence-electron chi connectivity index (χ3n) is 5.28. The van der Waals surface area contributed by atoms with Crippen molar-refractivity contribution in [3.8, 4) is 5.75 Å². The number of amides is 2. The van der Waals surface area contributed by atoms with Crippen LogP contribution in [0.5, 0.6) is 5.75 Å². The predicted molar refractivity (Wildman–Crippen MR) is 127 cm³/mol. The number of carbonyl (C=O) groups is 3. The Morgan fingerprint density at radius 3 is 2.00 bits per heavy atom. The molecule has 0 saturated heterocycles. The maximum absolute atomic E-state index is 13.3. The summed E-state index contributed by atoms with van der Waals surface area (Å²) in [4.78, 5) is 40.2. The molecule has 182 valence electrons. The summed E-state index contributed by atoms with van der Waals surface area (Å²) in [6.07, 6.45) is 0. The number of benzene rings is 2. The Bertz CT molecular complexity index is 1110. The number of carbonyl (C=O) groups excluding carboxylic acids is 3. The molecule has 2 amide bonds. The largest absolute Gasteiger partial charge is 0.497 e. The molecule has 1 aliphatic heterocycles. The van der Waals surface area contributed by atoms with Gasteiger partial charge in [0.25, 0.3) is 23.1 Å². The molecule has 0 bridgehead atoms. The molecule has 0 aliphatic carbocycles. The molecule has 1 heterocycles. The number of anilines is 1. The van der Waals surface area contributed by atoms with Crippen molar-refractivity contribution in [3.63, 3.8) is 0 Å². The number of hydrogen-bond acceptors (Lipinski definition) is 6. The third-order valence-corrected chi connectivity index (χ3v) is 6.06.